The maximum atomic E-state index is 13.2. The normalized spacial score (nSPS) is 10.2. The first-order chi connectivity index (χ1) is 8.28. The quantitative estimate of drug-likeness (QED) is 0.764. The Morgan fingerprint density at radius 1 is 1.00 bits per heavy atom. The van der Waals surface area contributed by atoms with Crippen LogP contribution in [-0.4, -0.2) is 0 Å². The highest BCUT2D eigenvalue weighted by Crippen LogP contribution is 2.19. The molecular formula is C14H12BrFO. The molecule has 0 amide bonds. The summed E-state index contributed by atoms with van der Waals surface area (Å²) >= 11 is 3.30. The van der Waals surface area contributed by atoms with Gasteiger partial charge in [0.2, 0.25) is 0 Å². The van der Waals surface area contributed by atoms with Gasteiger partial charge in [-0.05, 0) is 23.3 Å². The maximum absolute atomic E-state index is 13.2. The van der Waals surface area contributed by atoms with Crippen LogP contribution in [0.25, 0.3) is 0 Å². The minimum absolute atomic E-state index is 0.273. The van der Waals surface area contributed by atoms with Crippen LogP contribution in [0.3, 0.4) is 0 Å². The summed E-state index contributed by atoms with van der Waals surface area (Å²) in [5.74, 6) is 0.285. The molecule has 0 fully saturated rings. The number of halogens is 2. The highest BCUT2D eigenvalue weighted by atomic mass is 79.9. The standard InChI is InChI=1S/C14H12BrFO/c15-9-12-6-13(16)8-14(7-12)17-10-11-4-2-1-3-5-11/h1-8H,9-10H2. The van der Waals surface area contributed by atoms with Crippen LogP contribution in [0, 0.1) is 5.82 Å². The van der Waals surface area contributed by atoms with E-state index in [9.17, 15) is 4.39 Å². The van der Waals surface area contributed by atoms with Crippen molar-refractivity contribution in [2.24, 2.45) is 0 Å². The molecule has 0 bridgehead atoms. The molecule has 1 nitrogen and oxygen atoms in total. The second-order valence-corrected chi connectivity index (χ2v) is 4.26. The summed E-state index contributed by atoms with van der Waals surface area (Å²) < 4.78 is 18.8. The summed E-state index contributed by atoms with van der Waals surface area (Å²) in [6.45, 7) is 0.450. The van der Waals surface area contributed by atoms with Crippen molar-refractivity contribution in [2.45, 2.75) is 11.9 Å². The topological polar surface area (TPSA) is 9.23 Å². The van der Waals surface area contributed by atoms with E-state index in [0.29, 0.717) is 17.7 Å². The molecule has 17 heavy (non-hydrogen) atoms. The van der Waals surface area contributed by atoms with Crippen LogP contribution >= 0.6 is 15.9 Å². The summed E-state index contributed by atoms with van der Waals surface area (Å²) in [4.78, 5) is 0. The molecule has 0 spiro atoms. The fraction of sp³-hybridized carbons (Fsp3) is 0.143. The average Bonchev–Trinajstić information content (AvgIpc) is 2.37. The van der Waals surface area contributed by atoms with E-state index < -0.39 is 0 Å². The van der Waals surface area contributed by atoms with E-state index in [4.69, 9.17) is 4.74 Å². The second-order valence-electron chi connectivity index (χ2n) is 3.70. The van der Waals surface area contributed by atoms with Crippen molar-refractivity contribution in [2.75, 3.05) is 0 Å². The zero-order valence-electron chi connectivity index (χ0n) is 9.20. The van der Waals surface area contributed by atoms with Gasteiger partial charge in [0.05, 0.1) is 0 Å². The van der Waals surface area contributed by atoms with Gasteiger partial charge in [-0.15, -0.1) is 0 Å². The summed E-state index contributed by atoms with van der Waals surface area (Å²) in [7, 11) is 0. The Bertz CT molecular complexity index is 485. The third-order valence-corrected chi connectivity index (χ3v) is 2.98. The van der Waals surface area contributed by atoms with Crippen molar-refractivity contribution in [3.05, 3.63) is 65.5 Å². The monoisotopic (exact) mass is 294 g/mol. The SMILES string of the molecule is Fc1cc(CBr)cc(OCc2ccccc2)c1. The predicted molar refractivity (Wildman–Crippen MR) is 69.8 cm³/mol. The predicted octanol–water partition coefficient (Wildman–Crippen LogP) is 4.30. The molecule has 0 radical (unpaired) electrons. The zero-order valence-corrected chi connectivity index (χ0v) is 10.8. The molecular weight excluding hydrogens is 283 g/mol. The summed E-state index contributed by atoms with van der Waals surface area (Å²) in [5.41, 5.74) is 1.94. The van der Waals surface area contributed by atoms with Crippen LogP contribution in [0.15, 0.2) is 48.5 Å². The fourth-order valence-electron chi connectivity index (χ4n) is 1.52. The van der Waals surface area contributed by atoms with Gasteiger partial charge >= 0.3 is 0 Å². The Morgan fingerprint density at radius 2 is 1.76 bits per heavy atom. The molecule has 2 rings (SSSR count). The number of alkyl halides is 1. The number of hydrogen-bond donors (Lipinski definition) is 0. The van der Waals surface area contributed by atoms with Gasteiger partial charge in [0.25, 0.3) is 0 Å². The van der Waals surface area contributed by atoms with Gasteiger partial charge in [-0.25, -0.2) is 4.39 Å². The largest absolute Gasteiger partial charge is 0.489 e. The minimum Gasteiger partial charge on any atom is -0.489 e. The van der Waals surface area contributed by atoms with E-state index in [1.165, 1.54) is 12.1 Å². The first-order valence-electron chi connectivity index (χ1n) is 5.30. The van der Waals surface area contributed by atoms with Gasteiger partial charge in [0, 0.05) is 11.4 Å². The average molecular weight is 295 g/mol. The Labute approximate surface area is 108 Å². The number of hydrogen-bond acceptors (Lipinski definition) is 1. The third-order valence-electron chi connectivity index (χ3n) is 2.33. The first kappa shape index (κ1) is 12.1. The second kappa shape index (κ2) is 5.82. The smallest absolute Gasteiger partial charge is 0.127 e. The van der Waals surface area contributed by atoms with Gasteiger partial charge in [-0.2, -0.15) is 0 Å². The van der Waals surface area contributed by atoms with E-state index in [-0.39, 0.29) is 5.82 Å². The van der Waals surface area contributed by atoms with Gasteiger partial charge in [-0.1, -0.05) is 46.3 Å². The lowest BCUT2D eigenvalue weighted by Crippen LogP contribution is -1.96. The van der Waals surface area contributed by atoms with Crippen LogP contribution < -0.4 is 4.74 Å². The van der Waals surface area contributed by atoms with Gasteiger partial charge in [-0.3, -0.25) is 0 Å². The van der Waals surface area contributed by atoms with Gasteiger partial charge in [0.1, 0.15) is 18.2 Å². The lowest BCUT2D eigenvalue weighted by atomic mass is 10.2. The van der Waals surface area contributed by atoms with Crippen molar-refractivity contribution < 1.29 is 9.13 Å². The van der Waals surface area contributed by atoms with Crippen molar-refractivity contribution in [1.29, 1.82) is 0 Å². The lowest BCUT2D eigenvalue weighted by molar-refractivity contribution is 0.304. The molecule has 0 unspecified atom stereocenters. The third kappa shape index (κ3) is 3.56. The number of ether oxygens (including phenoxy) is 1. The molecule has 0 aromatic heterocycles. The molecule has 0 aliphatic rings. The van der Waals surface area contributed by atoms with Crippen LogP contribution in [0.4, 0.5) is 4.39 Å². The van der Waals surface area contributed by atoms with E-state index in [1.807, 2.05) is 36.4 Å². The highest BCUT2D eigenvalue weighted by Gasteiger charge is 2.01. The Balaban J connectivity index is 2.06. The van der Waals surface area contributed by atoms with E-state index >= 15 is 0 Å². The number of benzene rings is 2. The molecule has 88 valence electrons. The zero-order chi connectivity index (χ0) is 12.1. The van der Waals surface area contributed by atoms with E-state index in [0.717, 1.165) is 11.1 Å². The molecule has 3 heteroatoms. The summed E-state index contributed by atoms with van der Waals surface area (Å²) in [6, 6.07) is 14.5. The highest BCUT2D eigenvalue weighted by molar-refractivity contribution is 9.08. The molecule has 0 heterocycles. The first-order valence-corrected chi connectivity index (χ1v) is 6.42. The van der Waals surface area contributed by atoms with Crippen LogP contribution in [-0.2, 0) is 11.9 Å². The van der Waals surface area contributed by atoms with E-state index in [1.54, 1.807) is 0 Å². The number of rotatable bonds is 4. The molecule has 2 aromatic rings. The lowest BCUT2D eigenvalue weighted by Gasteiger charge is -2.07. The fourth-order valence-corrected chi connectivity index (χ4v) is 1.85. The van der Waals surface area contributed by atoms with Crippen molar-refractivity contribution in [3.63, 3.8) is 0 Å². The summed E-state index contributed by atoms with van der Waals surface area (Å²) in [6.07, 6.45) is 0. The molecule has 0 aliphatic heterocycles. The maximum Gasteiger partial charge on any atom is 0.127 e. The van der Waals surface area contributed by atoms with Crippen LogP contribution in [0.2, 0.25) is 0 Å². The molecule has 0 N–H and O–H groups in total. The van der Waals surface area contributed by atoms with E-state index in [2.05, 4.69) is 15.9 Å². The Hall–Kier alpha value is -1.35. The Morgan fingerprint density at radius 3 is 2.47 bits per heavy atom. The van der Waals surface area contributed by atoms with Crippen LogP contribution in [0.1, 0.15) is 11.1 Å². The molecule has 0 saturated carbocycles. The molecule has 2 aromatic carbocycles. The Kier molecular flexibility index (Phi) is 4.15. The van der Waals surface area contributed by atoms with Crippen LogP contribution in [0.5, 0.6) is 5.75 Å². The van der Waals surface area contributed by atoms with Crippen molar-refractivity contribution in [1.82, 2.24) is 0 Å². The van der Waals surface area contributed by atoms with Gasteiger partial charge in [0.15, 0.2) is 0 Å². The van der Waals surface area contributed by atoms with Crippen molar-refractivity contribution in [3.8, 4) is 5.75 Å². The minimum atomic E-state index is -0.273. The van der Waals surface area contributed by atoms with Gasteiger partial charge < -0.3 is 4.74 Å². The molecule has 0 aliphatic carbocycles. The molecule has 0 saturated heterocycles. The van der Waals surface area contributed by atoms with Crippen molar-refractivity contribution >= 4 is 15.9 Å². The summed E-state index contributed by atoms with van der Waals surface area (Å²) in [5, 5.41) is 0.618. The molecule has 0 atom stereocenters.